The molecular formula is C14H19BrN2O2. The number of phenolic OH excluding ortho intramolecular Hbond substituents is 1. The molecular weight excluding hydrogens is 308 g/mol. The van der Waals surface area contributed by atoms with Gasteiger partial charge in [0, 0.05) is 23.1 Å². The zero-order valence-electron chi connectivity index (χ0n) is 11.0. The van der Waals surface area contributed by atoms with Crippen LogP contribution in [0.4, 0.5) is 0 Å². The van der Waals surface area contributed by atoms with Gasteiger partial charge in [-0.05, 0) is 44.4 Å². The molecule has 1 amide bonds. The number of piperidine rings is 1. The van der Waals surface area contributed by atoms with Crippen LogP contribution in [0.15, 0.2) is 22.7 Å². The van der Waals surface area contributed by atoms with Gasteiger partial charge in [0.1, 0.15) is 5.75 Å². The number of amides is 1. The van der Waals surface area contributed by atoms with Crippen LogP contribution in [0.5, 0.6) is 5.75 Å². The zero-order chi connectivity index (χ0) is 14.0. The number of benzene rings is 1. The molecule has 2 rings (SSSR count). The van der Waals surface area contributed by atoms with E-state index in [0.717, 1.165) is 23.7 Å². The van der Waals surface area contributed by atoms with E-state index in [1.807, 2.05) is 6.92 Å². The van der Waals surface area contributed by atoms with Gasteiger partial charge < -0.3 is 15.7 Å². The largest absolute Gasteiger partial charge is 0.507 e. The number of halogens is 1. The predicted octanol–water partition coefficient (Wildman–Crippen LogP) is 2.50. The van der Waals surface area contributed by atoms with Crippen LogP contribution in [-0.2, 0) is 0 Å². The molecule has 0 aromatic heterocycles. The first kappa shape index (κ1) is 14.3. The first-order valence-corrected chi connectivity index (χ1v) is 7.35. The highest BCUT2D eigenvalue weighted by atomic mass is 79.9. The van der Waals surface area contributed by atoms with Crippen molar-refractivity contribution < 1.29 is 9.90 Å². The smallest absolute Gasteiger partial charge is 0.257 e. The van der Waals surface area contributed by atoms with Crippen LogP contribution in [0.3, 0.4) is 0 Å². The first-order chi connectivity index (χ1) is 9.00. The van der Waals surface area contributed by atoms with E-state index in [4.69, 9.17) is 5.73 Å². The Morgan fingerprint density at radius 3 is 2.89 bits per heavy atom. The molecule has 0 saturated carbocycles. The molecule has 19 heavy (non-hydrogen) atoms. The number of carbonyl (C=O) groups is 1. The van der Waals surface area contributed by atoms with Gasteiger partial charge in [0.2, 0.25) is 0 Å². The van der Waals surface area contributed by atoms with Crippen molar-refractivity contribution >= 4 is 21.8 Å². The Hall–Kier alpha value is -1.07. The quantitative estimate of drug-likeness (QED) is 0.877. The Labute approximate surface area is 121 Å². The molecule has 2 unspecified atom stereocenters. The number of carbonyl (C=O) groups excluding carboxylic acids is 1. The van der Waals surface area contributed by atoms with Gasteiger partial charge in [-0.2, -0.15) is 0 Å². The summed E-state index contributed by atoms with van der Waals surface area (Å²) in [7, 11) is 0. The lowest BCUT2D eigenvalue weighted by molar-refractivity contribution is 0.0581. The van der Waals surface area contributed by atoms with Gasteiger partial charge in [0.25, 0.3) is 5.91 Å². The molecule has 1 heterocycles. The minimum atomic E-state index is -0.132. The highest BCUT2D eigenvalue weighted by Crippen LogP contribution is 2.27. The van der Waals surface area contributed by atoms with Crippen LogP contribution in [0, 0.1) is 0 Å². The molecule has 0 spiro atoms. The fourth-order valence-electron chi connectivity index (χ4n) is 2.60. The summed E-state index contributed by atoms with van der Waals surface area (Å²) in [5.74, 6) is -0.125. The van der Waals surface area contributed by atoms with E-state index < -0.39 is 0 Å². The van der Waals surface area contributed by atoms with Gasteiger partial charge in [-0.3, -0.25) is 4.79 Å². The number of hydrogen-bond acceptors (Lipinski definition) is 3. The lowest BCUT2D eigenvalue weighted by Crippen LogP contribution is -2.51. The van der Waals surface area contributed by atoms with Gasteiger partial charge >= 0.3 is 0 Å². The van der Waals surface area contributed by atoms with E-state index in [-0.39, 0.29) is 23.7 Å². The Morgan fingerprint density at radius 1 is 1.53 bits per heavy atom. The summed E-state index contributed by atoms with van der Waals surface area (Å²) in [5, 5.41) is 9.91. The zero-order valence-corrected chi connectivity index (χ0v) is 12.6. The molecule has 0 radical (unpaired) electrons. The summed E-state index contributed by atoms with van der Waals surface area (Å²) in [4.78, 5) is 14.3. The van der Waals surface area contributed by atoms with Gasteiger partial charge in [0.15, 0.2) is 0 Å². The molecule has 0 bridgehead atoms. The number of phenols is 1. The van der Waals surface area contributed by atoms with Crippen molar-refractivity contribution in [2.75, 3.05) is 6.54 Å². The molecule has 1 aliphatic rings. The molecule has 2 atom stereocenters. The Morgan fingerprint density at radius 2 is 2.26 bits per heavy atom. The topological polar surface area (TPSA) is 66.6 Å². The van der Waals surface area contributed by atoms with Crippen LogP contribution in [0.1, 0.15) is 36.5 Å². The molecule has 1 aliphatic heterocycles. The number of likely N-dealkylation sites (tertiary alicyclic amines) is 1. The van der Waals surface area contributed by atoms with Crippen molar-refractivity contribution in [1.29, 1.82) is 0 Å². The molecule has 0 aliphatic carbocycles. The van der Waals surface area contributed by atoms with Crippen LogP contribution in [0.2, 0.25) is 0 Å². The van der Waals surface area contributed by atoms with E-state index >= 15 is 0 Å². The normalized spacial score (nSPS) is 21.2. The summed E-state index contributed by atoms with van der Waals surface area (Å²) in [6.07, 6.45) is 3.02. The van der Waals surface area contributed by atoms with Gasteiger partial charge in [0.05, 0.1) is 5.56 Å². The van der Waals surface area contributed by atoms with Crippen molar-refractivity contribution in [2.24, 2.45) is 5.73 Å². The van der Waals surface area contributed by atoms with Crippen molar-refractivity contribution in [3.05, 3.63) is 28.2 Å². The standard InChI is InChI=1S/C14H19BrN2O2/c1-9(16)12-4-2-3-7-17(12)14(19)11-6-5-10(15)8-13(11)18/h5-6,8-9,12,18H,2-4,7,16H2,1H3. The summed E-state index contributed by atoms with van der Waals surface area (Å²) in [5.41, 5.74) is 6.31. The average Bonchev–Trinajstić information content (AvgIpc) is 2.38. The van der Waals surface area contributed by atoms with Crippen LogP contribution < -0.4 is 5.73 Å². The highest BCUT2D eigenvalue weighted by Gasteiger charge is 2.30. The first-order valence-electron chi connectivity index (χ1n) is 6.56. The third kappa shape index (κ3) is 3.09. The monoisotopic (exact) mass is 326 g/mol. The van der Waals surface area contributed by atoms with Crippen LogP contribution in [-0.4, -0.2) is 34.5 Å². The molecule has 5 heteroatoms. The van der Waals surface area contributed by atoms with Gasteiger partial charge in [-0.15, -0.1) is 0 Å². The lowest BCUT2D eigenvalue weighted by atomic mass is 9.96. The fourth-order valence-corrected chi connectivity index (χ4v) is 2.95. The maximum atomic E-state index is 12.5. The minimum absolute atomic E-state index is 0.00775. The third-order valence-corrected chi connectivity index (χ3v) is 4.10. The lowest BCUT2D eigenvalue weighted by Gasteiger charge is -2.38. The highest BCUT2D eigenvalue weighted by molar-refractivity contribution is 9.10. The molecule has 1 saturated heterocycles. The van der Waals surface area contributed by atoms with Crippen molar-refractivity contribution in [2.45, 2.75) is 38.3 Å². The molecule has 3 N–H and O–H groups in total. The molecule has 4 nitrogen and oxygen atoms in total. The second-order valence-corrected chi connectivity index (χ2v) is 6.00. The van der Waals surface area contributed by atoms with Crippen molar-refractivity contribution in [1.82, 2.24) is 4.90 Å². The average molecular weight is 327 g/mol. The summed E-state index contributed by atoms with van der Waals surface area (Å²) in [6.45, 7) is 2.64. The van der Waals surface area contributed by atoms with Crippen molar-refractivity contribution in [3.63, 3.8) is 0 Å². The van der Waals surface area contributed by atoms with E-state index in [1.54, 1.807) is 17.0 Å². The summed E-state index contributed by atoms with van der Waals surface area (Å²) in [6, 6.07) is 4.95. The van der Waals surface area contributed by atoms with Gasteiger partial charge in [-0.1, -0.05) is 15.9 Å². The number of nitrogens with zero attached hydrogens (tertiary/aromatic N) is 1. The Balaban J connectivity index is 2.26. The second-order valence-electron chi connectivity index (χ2n) is 5.08. The Kier molecular flexibility index (Phi) is 4.47. The molecule has 1 fully saturated rings. The number of hydrogen-bond donors (Lipinski definition) is 2. The third-order valence-electron chi connectivity index (χ3n) is 3.61. The molecule has 1 aromatic carbocycles. The van der Waals surface area contributed by atoms with E-state index in [1.165, 1.54) is 6.07 Å². The van der Waals surface area contributed by atoms with Crippen LogP contribution in [0.25, 0.3) is 0 Å². The van der Waals surface area contributed by atoms with Crippen LogP contribution >= 0.6 is 15.9 Å². The summed E-state index contributed by atoms with van der Waals surface area (Å²) < 4.78 is 0.754. The maximum Gasteiger partial charge on any atom is 0.257 e. The SMILES string of the molecule is CC(N)C1CCCCN1C(=O)c1ccc(Br)cc1O. The van der Waals surface area contributed by atoms with E-state index in [0.29, 0.717) is 12.1 Å². The van der Waals surface area contributed by atoms with Crippen molar-refractivity contribution in [3.8, 4) is 5.75 Å². The number of aromatic hydroxyl groups is 1. The predicted molar refractivity (Wildman–Crippen MR) is 78.1 cm³/mol. The number of nitrogens with two attached hydrogens (primary N) is 1. The molecule has 1 aromatic rings. The fraction of sp³-hybridized carbons (Fsp3) is 0.500. The van der Waals surface area contributed by atoms with E-state index in [9.17, 15) is 9.90 Å². The second kappa shape index (κ2) is 5.92. The molecule has 104 valence electrons. The minimum Gasteiger partial charge on any atom is -0.507 e. The number of rotatable bonds is 2. The maximum absolute atomic E-state index is 12.5. The van der Waals surface area contributed by atoms with Gasteiger partial charge in [-0.25, -0.2) is 0 Å². The van der Waals surface area contributed by atoms with E-state index in [2.05, 4.69) is 15.9 Å². The Bertz CT molecular complexity index is 477. The summed E-state index contributed by atoms with van der Waals surface area (Å²) >= 11 is 3.27.